The van der Waals surface area contributed by atoms with Crippen LogP contribution in [-0.4, -0.2) is 0 Å². The predicted molar refractivity (Wildman–Crippen MR) is 100 cm³/mol. The van der Waals surface area contributed by atoms with Gasteiger partial charge in [0.1, 0.15) is 11.6 Å². The van der Waals surface area contributed by atoms with E-state index in [1.54, 1.807) is 6.07 Å². The quantitative estimate of drug-likeness (QED) is 0.502. The zero-order valence-electron chi connectivity index (χ0n) is 15.0. The van der Waals surface area contributed by atoms with Crippen LogP contribution in [-0.2, 0) is 0 Å². The summed E-state index contributed by atoms with van der Waals surface area (Å²) < 4.78 is 42.4. The van der Waals surface area contributed by atoms with Gasteiger partial charge in [-0.15, -0.1) is 0 Å². The van der Waals surface area contributed by atoms with E-state index in [1.807, 2.05) is 0 Å². The van der Waals surface area contributed by atoms with E-state index in [-0.39, 0.29) is 21.7 Å². The smallest absolute Gasteiger partial charge is 0.152 e. The van der Waals surface area contributed by atoms with E-state index in [9.17, 15) is 13.2 Å². The van der Waals surface area contributed by atoms with Crippen molar-refractivity contribution in [3.05, 3.63) is 46.2 Å². The Morgan fingerprint density at radius 1 is 0.962 bits per heavy atom. The van der Waals surface area contributed by atoms with Crippen LogP contribution in [0.5, 0.6) is 0 Å². The molecular formula is C22H24ClF3. The Balaban J connectivity index is 1.66. The number of hydrogen-bond acceptors (Lipinski definition) is 0. The van der Waals surface area contributed by atoms with Crippen molar-refractivity contribution in [1.82, 2.24) is 0 Å². The van der Waals surface area contributed by atoms with Crippen molar-refractivity contribution in [1.29, 1.82) is 0 Å². The molecule has 0 nitrogen and oxygen atoms in total. The van der Waals surface area contributed by atoms with Crippen LogP contribution in [0.3, 0.4) is 0 Å². The lowest BCUT2D eigenvalue weighted by molar-refractivity contribution is 0.116. The summed E-state index contributed by atoms with van der Waals surface area (Å²) in [4.78, 5) is 0. The number of benzene rings is 2. The van der Waals surface area contributed by atoms with E-state index < -0.39 is 17.5 Å². The number of fused-ring (bicyclic) bond motifs is 2. The lowest BCUT2D eigenvalue weighted by atomic mass is 9.63. The van der Waals surface area contributed by atoms with Crippen molar-refractivity contribution in [2.45, 2.75) is 57.8 Å². The third-order valence-corrected chi connectivity index (χ3v) is 7.19. The van der Waals surface area contributed by atoms with Crippen LogP contribution < -0.4 is 0 Å². The molecule has 0 aromatic heterocycles. The molecule has 0 aliphatic heterocycles. The fourth-order valence-corrected chi connectivity index (χ4v) is 5.65. The molecule has 0 spiro atoms. The maximum absolute atomic E-state index is 14.7. The molecule has 4 unspecified atom stereocenters. The van der Waals surface area contributed by atoms with Gasteiger partial charge in [-0.05, 0) is 78.9 Å². The monoisotopic (exact) mass is 380 g/mol. The van der Waals surface area contributed by atoms with Crippen LogP contribution in [0.1, 0.15) is 63.4 Å². The summed E-state index contributed by atoms with van der Waals surface area (Å²) in [5.74, 6) is 0.109. The Labute approximate surface area is 157 Å². The molecular weight excluding hydrogens is 357 g/mol. The van der Waals surface area contributed by atoms with Crippen molar-refractivity contribution in [2.75, 3.05) is 0 Å². The highest BCUT2D eigenvalue weighted by Crippen LogP contribution is 2.49. The molecule has 2 aliphatic rings. The molecule has 2 saturated carbocycles. The summed E-state index contributed by atoms with van der Waals surface area (Å²) in [7, 11) is 0. The molecule has 0 radical (unpaired) electrons. The number of hydrogen-bond donors (Lipinski definition) is 0. The fraction of sp³-hybridized carbons (Fsp3) is 0.545. The highest BCUT2D eigenvalue weighted by atomic mass is 35.5. The molecule has 26 heavy (non-hydrogen) atoms. The Morgan fingerprint density at radius 2 is 1.69 bits per heavy atom. The number of rotatable bonds is 2. The molecule has 0 bridgehead atoms. The highest BCUT2D eigenvalue weighted by Gasteiger charge is 2.36. The van der Waals surface area contributed by atoms with E-state index in [1.165, 1.54) is 31.7 Å². The molecule has 4 rings (SSSR count). The first kappa shape index (κ1) is 18.2. The van der Waals surface area contributed by atoms with Crippen LogP contribution in [0.15, 0.2) is 18.2 Å². The first-order valence-corrected chi connectivity index (χ1v) is 10.1. The molecule has 0 amide bonds. The molecule has 2 aromatic carbocycles. The average Bonchev–Trinajstić information content (AvgIpc) is 2.63. The first-order chi connectivity index (χ1) is 12.5. The first-order valence-electron chi connectivity index (χ1n) is 9.74. The predicted octanol–water partition coefficient (Wildman–Crippen LogP) is 7.62. The molecule has 4 atom stereocenters. The van der Waals surface area contributed by atoms with Gasteiger partial charge in [0.2, 0.25) is 0 Å². The Hall–Kier alpha value is -1.22. The maximum atomic E-state index is 14.7. The van der Waals surface area contributed by atoms with Crippen LogP contribution in [0.2, 0.25) is 5.02 Å². The standard InChI is InChI=1S/C22H24ClF3/c1-2-12-3-4-14-8-15(6-5-13(14)7-12)18-10-16-9-17(24)11-19(25)20(16)22(26)21(18)23/h9-15H,2-8H2,1H3. The molecule has 140 valence electrons. The SMILES string of the molecule is CCC1CCC2CC(c3cc4cc(F)cc(F)c4c(F)c3Cl)CCC2C1. The highest BCUT2D eigenvalue weighted by molar-refractivity contribution is 6.32. The Kier molecular flexibility index (Phi) is 4.94. The molecule has 2 aliphatic carbocycles. The summed E-state index contributed by atoms with van der Waals surface area (Å²) in [5, 5.41) is 0.0576. The zero-order valence-corrected chi connectivity index (χ0v) is 15.8. The van der Waals surface area contributed by atoms with Gasteiger partial charge in [0.05, 0.1) is 10.4 Å². The van der Waals surface area contributed by atoms with Crippen molar-refractivity contribution in [3.8, 4) is 0 Å². The van der Waals surface area contributed by atoms with Crippen molar-refractivity contribution in [3.63, 3.8) is 0 Å². The van der Waals surface area contributed by atoms with Gasteiger partial charge in [0.15, 0.2) is 5.82 Å². The van der Waals surface area contributed by atoms with Crippen molar-refractivity contribution >= 4 is 22.4 Å². The van der Waals surface area contributed by atoms with Gasteiger partial charge in [0, 0.05) is 6.07 Å². The molecule has 2 aromatic rings. The fourth-order valence-electron chi connectivity index (χ4n) is 5.34. The largest absolute Gasteiger partial charge is 0.207 e. The van der Waals surface area contributed by atoms with Crippen LogP contribution in [0, 0.1) is 35.2 Å². The normalized spacial score (nSPS) is 29.0. The minimum Gasteiger partial charge on any atom is -0.207 e. The van der Waals surface area contributed by atoms with Gasteiger partial charge in [-0.2, -0.15) is 0 Å². The third-order valence-electron chi connectivity index (χ3n) is 6.80. The molecule has 0 saturated heterocycles. The van der Waals surface area contributed by atoms with Gasteiger partial charge in [-0.1, -0.05) is 31.4 Å². The Bertz CT molecular complexity index is 832. The molecule has 4 heteroatoms. The van der Waals surface area contributed by atoms with Crippen LogP contribution in [0.25, 0.3) is 10.8 Å². The summed E-state index contributed by atoms with van der Waals surface area (Å²) in [5.41, 5.74) is 0.720. The van der Waals surface area contributed by atoms with Gasteiger partial charge in [0.25, 0.3) is 0 Å². The Morgan fingerprint density at radius 3 is 2.46 bits per heavy atom. The minimum absolute atomic E-state index is 0.00806. The maximum Gasteiger partial charge on any atom is 0.152 e. The lowest BCUT2D eigenvalue weighted by Gasteiger charge is -2.42. The van der Waals surface area contributed by atoms with Crippen molar-refractivity contribution < 1.29 is 13.2 Å². The average molecular weight is 381 g/mol. The van der Waals surface area contributed by atoms with Crippen molar-refractivity contribution in [2.24, 2.45) is 17.8 Å². The minimum atomic E-state index is -0.896. The van der Waals surface area contributed by atoms with E-state index >= 15 is 0 Å². The summed E-state index contributed by atoms with van der Waals surface area (Å²) in [6.07, 6.45) is 8.19. The second kappa shape index (κ2) is 7.07. The van der Waals surface area contributed by atoms with Gasteiger partial charge >= 0.3 is 0 Å². The summed E-state index contributed by atoms with van der Waals surface area (Å²) in [6.45, 7) is 2.27. The van der Waals surface area contributed by atoms with Crippen LogP contribution in [0.4, 0.5) is 13.2 Å². The van der Waals surface area contributed by atoms with Gasteiger partial charge < -0.3 is 0 Å². The molecule has 0 heterocycles. The van der Waals surface area contributed by atoms with E-state index in [0.717, 1.165) is 36.7 Å². The van der Waals surface area contributed by atoms with Gasteiger partial charge in [-0.25, -0.2) is 13.2 Å². The molecule has 0 N–H and O–H groups in total. The second-order valence-corrected chi connectivity index (χ2v) is 8.57. The van der Waals surface area contributed by atoms with E-state index in [4.69, 9.17) is 11.6 Å². The third kappa shape index (κ3) is 3.13. The van der Waals surface area contributed by atoms with Crippen LogP contribution >= 0.6 is 11.6 Å². The van der Waals surface area contributed by atoms with E-state index in [2.05, 4.69) is 6.92 Å². The van der Waals surface area contributed by atoms with Gasteiger partial charge in [-0.3, -0.25) is 0 Å². The number of halogens is 4. The van der Waals surface area contributed by atoms with E-state index in [0.29, 0.717) is 12.0 Å². The summed E-state index contributed by atoms with van der Waals surface area (Å²) in [6, 6.07) is 3.60. The zero-order chi connectivity index (χ0) is 18.4. The lowest BCUT2D eigenvalue weighted by Crippen LogP contribution is -2.30. The summed E-state index contributed by atoms with van der Waals surface area (Å²) >= 11 is 6.30. The topological polar surface area (TPSA) is 0 Å². The second-order valence-electron chi connectivity index (χ2n) is 8.20. The molecule has 2 fully saturated rings.